The third kappa shape index (κ3) is 9.41. The zero-order valence-corrected chi connectivity index (χ0v) is 32.2. The highest BCUT2D eigenvalue weighted by Gasteiger charge is 2.50. The van der Waals surface area contributed by atoms with E-state index < -0.39 is 74.5 Å². The van der Waals surface area contributed by atoms with Crippen molar-refractivity contribution in [1.29, 1.82) is 0 Å². The summed E-state index contributed by atoms with van der Waals surface area (Å²) >= 11 is 0. The van der Waals surface area contributed by atoms with E-state index in [1.165, 1.54) is 0 Å². The number of carbonyl (C=O) groups excluding carboxylic acids is 1. The van der Waals surface area contributed by atoms with Crippen molar-refractivity contribution in [1.82, 2.24) is 5.32 Å². The van der Waals surface area contributed by atoms with Crippen molar-refractivity contribution in [2.75, 3.05) is 30.1 Å². The monoisotopic (exact) mass is 791 g/mol. The van der Waals surface area contributed by atoms with Gasteiger partial charge in [0.1, 0.15) is 18.3 Å². The number of aliphatic hydroxyl groups is 3. The molecule has 0 aromatic heterocycles. The van der Waals surface area contributed by atoms with Gasteiger partial charge in [0.25, 0.3) is 0 Å². The molecule has 2 amide bonds. The molecule has 3 aromatic rings. The van der Waals surface area contributed by atoms with Crippen molar-refractivity contribution >= 4 is 37.6 Å². The minimum atomic E-state index is -5.15. The third-order valence-electron chi connectivity index (χ3n) is 10.2. The number of anilines is 2. The first-order chi connectivity index (χ1) is 25.5. The van der Waals surface area contributed by atoms with Crippen LogP contribution in [0.5, 0.6) is 0 Å². The number of aliphatic hydroxyl groups excluding tert-OH is 3. The standard InChI is InChI=1S/C37H49N3O12S2/c1-5-7-18-37(6-2)22-53(45,46)28-17-16-26(40(3)4)20-27(28)29(33(37)43)24-14-11-15-25(19-24)38-36(44)39-34-30(41)32(50-21-23-12-9-8-10-13-23)31(42)35(51-34)52-54(47,48)49/h8-17,19-20,29-35,41-43H,5-7,18,21-22H2,1-4H3,(H2,38,39,44)(H,47,48,49)/t29-,30-,31-,32+,33-,34-,35-,37-/m1/s1. The van der Waals surface area contributed by atoms with Gasteiger partial charge in [-0.3, -0.25) is 4.55 Å². The number of benzene rings is 3. The van der Waals surface area contributed by atoms with Crippen molar-refractivity contribution in [3.8, 4) is 0 Å². The summed E-state index contributed by atoms with van der Waals surface area (Å²) in [5.74, 6) is -1.02. The number of unbranched alkanes of at least 4 members (excludes halogenated alkanes) is 1. The van der Waals surface area contributed by atoms with Crippen LogP contribution in [-0.2, 0) is 40.5 Å². The van der Waals surface area contributed by atoms with E-state index in [0.717, 1.165) is 12.1 Å². The second-order valence-electron chi connectivity index (χ2n) is 14.0. The summed E-state index contributed by atoms with van der Waals surface area (Å²) < 4.78 is 76.0. The van der Waals surface area contributed by atoms with Crippen LogP contribution in [0.2, 0.25) is 0 Å². The number of nitrogens with one attached hydrogen (secondary N) is 2. The lowest BCUT2D eigenvalue weighted by atomic mass is 9.69. The molecule has 17 heteroatoms. The van der Waals surface area contributed by atoms with Gasteiger partial charge in [-0.25, -0.2) is 17.4 Å². The highest BCUT2D eigenvalue weighted by atomic mass is 32.3. The average Bonchev–Trinajstić information content (AvgIpc) is 3.19. The van der Waals surface area contributed by atoms with Crippen LogP contribution in [0.15, 0.2) is 77.7 Å². The highest BCUT2D eigenvalue weighted by Crippen LogP contribution is 2.49. The maximum atomic E-state index is 14.0. The Hall–Kier alpha value is -3.65. The molecule has 8 atom stereocenters. The Bertz CT molecular complexity index is 1980. The quantitative estimate of drug-likeness (QED) is 0.137. The maximum absolute atomic E-state index is 14.0. The number of hydrogen-bond donors (Lipinski definition) is 6. The Morgan fingerprint density at radius 2 is 1.72 bits per heavy atom. The molecule has 5 rings (SSSR count). The summed E-state index contributed by atoms with van der Waals surface area (Å²) in [7, 11) is -5.31. The SMILES string of the molecule is CCCC[C@]1(CC)CS(=O)(=O)c2ccc(N(C)C)cc2[C@@H](c2cccc(NC(=O)N[C@@H]3O[C@H](OS(=O)(=O)O)[C@H](O)[C@@H](OCc4ccccc4)[C@H]3O)c2)[C@H]1O. The second-order valence-corrected chi connectivity index (χ2v) is 17.0. The summed E-state index contributed by atoms with van der Waals surface area (Å²) in [4.78, 5) is 15.4. The van der Waals surface area contributed by atoms with Gasteiger partial charge in [0.2, 0.25) is 6.29 Å². The predicted molar refractivity (Wildman–Crippen MR) is 200 cm³/mol. The van der Waals surface area contributed by atoms with E-state index in [4.69, 9.17) is 9.47 Å². The van der Waals surface area contributed by atoms with Gasteiger partial charge in [-0.15, -0.1) is 0 Å². The summed E-state index contributed by atoms with van der Waals surface area (Å²) in [6.07, 6.45) is -7.62. The number of rotatable bonds is 13. The molecule has 296 valence electrons. The molecule has 6 N–H and O–H groups in total. The predicted octanol–water partition coefficient (Wildman–Crippen LogP) is 3.55. The smallest absolute Gasteiger partial charge is 0.392 e. The Morgan fingerprint density at radius 3 is 2.37 bits per heavy atom. The number of hydrogen-bond acceptors (Lipinski definition) is 12. The Kier molecular flexibility index (Phi) is 13.1. The minimum absolute atomic E-state index is 0.116. The first-order valence-corrected chi connectivity index (χ1v) is 20.7. The van der Waals surface area contributed by atoms with Crippen LogP contribution in [-0.4, -0.2) is 99.5 Å². The Labute approximate surface area is 316 Å². The molecular formula is C37H49N3O12S2. The molecule has 15 nitrogen and oxygen atoms in total. The van der Waals surface area contributed by atoms with Crippen molar-refractivity contribution in [2.24, 2.45) is 5.41 Å². The molecular weight excluding hydrogens is 743 g/mol. The fraction of sp³-hybridized carbons (Fsp3) is 0.486. The number of carbonyl (C=O) groups is 1. The lowest BCUT2D eigenvalue weighted by Gasteiger charge is -2.41. The van der Waals surface area contributed by atoms with E-state index in [1.54, 1.807) is 72.8 Å². The molecule has 3 aromatic carbocycles. The number of amides is 2. The largest absolute Gasteiger partial charge is 0.399 e. The van der Waals surface area contributed by atoms with E-state index in [0.29, 0.717) is 36.0 Å². The Balaban J connectivity index is 1.44. The van der Waals surface area contributed by atoms with Crippen molar-refractivity contribution in [3.05, 3.63) is 89.5 Å². The van der Waals surface area contributed by atoms with Gasteiger partial charge in [0.05, 0.1) is 23.4 Å². The second kappa shape index (κ2) is 17.0. The molecule has 0 radical (unpaired) electrons. The molecule has 2 aliphatic heterocycles. The molecule has 54 heavy (non-hydrogen) atoms. The van der Waals surface area contributed by atoms with Gasteiger partial charge in [0, 0.05) is 36.8 Å². The van der Waals surface area contributed by atoms with Crippen molar-refractivity contribution < 1.29 is 55.2 Å². The van der Waals surface area contributed by atoms with E-state index in [-0.39, 0.29) is 22.9 Å². The molecule has 2 heterocycles. The number of sulfone groups is 1. The zero-order valence-electron chi connectivity index (χ0n) is 30.5. The number of ether oxygens (including phenoxy) is 2. The van der Waals surface area contributed by atoms with Crippen LogP contribution in [0.4, 0.5) is 16.2 Å². The Morgan fingerprint density at radius 1 is 1.00 bits per heavy atom. The van der Waals surface area contributed by atoms with Gasteiger partial charge in [-0.05, 0) is 59.9 Å². The van der Waals surface area contributed by atoms with E-state index in [1.807, 2.05) is 32.8 Å². The summed E-state index contributed by atoms with van der Waals surface area (Å²) in [6, 6.07) is 19.5. The fourth-order valence-electron chi connectivity index (χ4n) is 7.23. The topological polar surface area (TPSA) is 221 Å². The molecule has 1 saturated heterocycles. The van der Waals surface area contributed by atoms with E-state index >= 15 is 0 Å². The fourth-order valence-corrected chi connectivity index (χ4v) is 9.88. The summed E-state index contributed by atoms with van der Waals surface area (Å²) in [6.45, 7) is 3.78. The highest BCUT2D eigenvalue weighted by molar-refractivity contribution is 7.91. The molecule has 1 fully saturated rings. The molecule has 0 aliphatic carbocycles. The van der Waals surface area contributed by atoms with Crippen molar-refractivity contribution in [3.63, 3.8) is 0 Å². The van der Waals surface area contributed by atoms with Crippen molar-refractivity contribution in [2.45, 2.75) is 93.9 Å². The molecule has 0 unspecified atom stereocenters. The van der Waals surface area contributed by atoms with Gasteiger partial charge in [-0.1, -0.05) is 69.2 Å². The van der Waals surface area contributed by atoms with Crippen LogP contribution in [0, 0.1) is 5.41 Å². The van der Waals surface area contributed by atoms with Gasteiger partial charge in [-0.2, -0.15) is 8.42 Å². The maximum Gasteiger partial charge on any atom is 0.399 e. The van der Waals surface area contributed by atoms with Crippen LogP contribution < -0.4 is 15.5 Å². The normalized spacial score (nSPS) is 28.0. The average molecular weight is 792 g/mol. The van der Waals surface area contributed by atoms with E-state index in [2.05, 4.69) is 14.8 Å². The van der Waals surface area contributed by atoms with Crippen LogP contribution in [0.3, 0.4) is 0 Å². The first-order valence-electron chi connectivity index (χ1n) is 17.7. The third-order valence-corrected chi connectivity index (χ3v) is 12.6. The summed E-state index contributed by atoms with van der Waals surface area (Å²) in [5.41, 5.74) is 1.65. The van der Waals surface area contributed by atoms with Crippen LogP contribution in [0.1, 0.15) is 62.1 Å². The number of fused-ring (bicyclic) bond motifs is 1. The number of urea groups is 1. The molecule has 0 saturated carbocycles. The lowest BCUT2D eigenvalue weighted by molar-refractivity contribution is -0.286. The first kappa shape index (κ1) is 41.5. The van der Waals surface area contributed by atoms with E-state index in [9.17, 15) is 41.5 Å². The van der Waals surface area contributed by atoms with Gasteiger partial charge >= 0.3 is 16.4 Å². The minimum Gasteiger partial charge on any atom is -0.392 e. The lowest BCUT2D eigenvalue weighted by Crippen LogP contribution is -2.64. The zero-order chi connectivity index (χ0) is 39.4. The van der Waals surface area contributed by atoms with Crippen LogP contribution in [0.25, 0.3) is 0 Å². The molecule has 2 aliphatic rings. The number of nitrogens with zero attached hydrogens (tertiary/aromatic N) is 1. The molecule has 0 spiro atoms. The summed E-state index contributed by atoms with van der Waals surface area (Å²) in [5, 5.41) is 39.2. The van der Waals surface area contributed by atoms with Gasteiger partial charge < -0.3 is 40.3 Å². The molecule has 0 bridgehead atoms. The van der Waals surface area contributed by atoms with Gasteiger partial charge in [0.15, 0.2) is 16.1 Å². The van der Waals surface area contributed by atoms with Crippen LogP contribution >= 0.6 is 0 Å².